The fraction of sp³-hybridized carbons (Fsp3) is 0.444. The first-order valence-corrected chi connectivity index (χ1v) is 3.95. The zero-order valence-electron chi connectivity index (χ0n) is 7.77. The van der Waals surface area contributed by atoms with Gasteiger partial charge in [0.1, 0.15) is 5.76 Å². The molecule has 0 spiro atoms. The van der Waals surface area contributed by atoms with Crippen LogP contribution >= 0.6 is 0 Å². The van der Waals surface area contributed by atoms with E-state index in [1.807, 2.05) is 12.1 Å². The van der Waals surface area contributed by atoms with Crippen LogP contribution in [0.25, 0.3) is 0 Å². The molecule has 1 heterocycles. The Balaban J connectivity index is 2.33. The number of hydrogen-bond acceptors (Lipinski definition) is 4. The first kappa shape index (κ1) is 9.95. The summed E-state index contributed by atoms with van der Waals surface area (Å²) in [5.41, 5.74) is 0. The fourth-order valence-corrected chi connectivity index (χ4v) is 0.839. The van der Waals surface area contributed by atoms with Crippen LogP contribution in [0.1, 0.15) is 5.76 Å². The molecule has 0 saturated heterocycles. The predicted molar refractivity (Wildman–Crippen MR) is 49.0 cm³/mol. The highest BCUT2D eigenvalue weighted by molar-refractivity contribution is 5.75. The van der Waals surface area contributed by atoms with Crippen LogP contribution in [0.3, 0.4) is 0 Å². The highest BCUT2D eigenvalue weighted by Gasteiger charge is 2.01. The number of nitrogens with zero attached hydrogens (tertiary/aromatic N) is 1. The summed E-state index contributed by atoms with van der Waals surface area (Å²) in [6.45, 7) is 0.466. The van der Waals surface area contributed by atoms with E-state index in [1.54, 1.807) is 26.7 Å². The van der Waals surface area contributed by atoms with Crippen molar-refractivity contribution in [3.63, 3.8) is 0 Å². The summed E-state index contributed by atoms with van der Waals surface area (Å²) in [5, 5.41) is 0. The third-order valence-electron chi connectivity index (χ3n) is 1.54. The molecule has 1 aromatic heterocycles. The molecule has 1 rings (SSSR count). The molecular formula is C9H13NO3. The molecule has 0 aliphatic carbocycles. The van der Waals surface area contributed by atoms with Gasteiger partial charge in [-0.2, -0.15) is 0 Å². The normalized spacial score (nSPS) is 11.6. The number of methoxy groups -OCH3 is 2. The van der Waals surface area contributed by atoms with Gasteiger partial charge in [0.15, 0.2) is 6.29 Å². The Labute approximate surface area is 77.2 Å². The molecule has 0 aromatic carbocycles. The van der Waals surface area contributed by atoms with Crippen LogP contribution in [-0.2, 0) is 9.47 Å². The Kier molecular flexibility index (Phi) is 4.21. The number of aliphatic imine (C=N–C) groups is 1. The molecule has 0 amide bonds. The number of hydrogen-bond donors (Lipinski definition) is 0. The van der Waals surface area contributed by atoms with Gasteiger partial charge in [0.05, 0.1) is 19.0 Å². The van der Waals surface area contributed by atoms with Gasteiger partial charge in [-0.05, 0) is 12.1 Å². The molecule has 72 valence electrons. The van der Waals surface area contributed by atoms with Gasteiger partial charge in [-0.1, -0.05) is 0 Å². The second-order valence-electron chi connectivity index (χ2n) is 2.41. The van der Waals surface area contributed by atoms with Gasteiger partial charge >= 0.3 is 0 Å². The smallest absolute Gasteiger partial charge is 0.176 e. The molecule has 4 heteroatoms. The lowest BCUT2D eigenvalue weighted by Crippen LogP contribution is -2.16. The van der Waals surface area contributed by atoms with Gasteiger partial charge < -0.3 is 13.9 Å². The van der Waals surface area contributed by atoms with Crippen molar-refractivity contribution in [3.8, 4) is 0 Å². The lowest BCUT2D eigenvalue weighted by Gasteiger charge is -2.08. The van der Waals surface area contributed by atoms with Crippen molar-refractivity contribution in [1.82, 2.24) is 0 Å². The first-order chi connectivity index (χ1) is 6.36. The Morgan fingerprint density at radius 1 is 1.54 bits per heavy atom. The molecular weight excluding hydrogens is 170 g/mol. The van der Waals surface area contributed by atoms with Crippen molar-refractivity contribution in [2.24, 2.45) is 4.99 Å². The van der Waals surface area contributed by atoms with Crippen LogP contribution in [0.5, 0.6) is 0 Å². The van der Waals surface area contributed by atoms with Crippen molar-refractivity contribution in [2.75, 3.05) is 20.8 Å². The second kappa shape index (κ2) is 5.50. The molecule has 0 atom stereocenters. The number of ether oxygens (including phenoxy) is 2. The van der Waals surface area contributed by atoms with E-state index < -0.39 is 0 Å². The summed E-state index contributed by atoms with van der Waals surface area (Å²) in [5.74, 6) is 0.728. The minimum atomic E-state index is -0.286. The van der Waals surface area contributed by atoms with Crippen LogP contribution < -0.4 is 0 Å². The molecule has 0 saturated carbocycles. The standard InChI is InChI=1S/C9H13NO3/c1-11-9(12-2)7-10-6-8-4-3-5-13-8/h3-6,9H,7H2,1-2H3. The van der Waals surface area contributed by atoms with Crippen molar-refractivity contribution in [1.29, 1.82) is 0 Å². The molecule has 0 radical (unpaired) electrons. The summed E-state index contributed by atoms with van der Waals surface area (Å²) >= 11 is 0. The molecule has 0 aliphatic rings. The largest absolute Gasteiger partial charge is 0.463 e. The third kappa shape index (κ3) is 3.40. The maximum atomic E-state index is 5.05. The molecule has 4 nitrogen and oxygen atoms in total. The maximum Gasteiger partial charge on any atom is 0.176 e. The van der Waals surface area contributed by atoms with Crippen molar-refractivity contribution in [2.45, 2.75) is 6.29 Å². The van der Waals surface area contributed by atoms with Crippen LogP contribution in [0.2, 0.25) is 0 Å². The van der Waals surface area contributed by atoms with E-state index in [1.165, 1.54) is 0 Å². The van der Waals surface area contributed by atoms with Crippen LogP contribution in [0.15, 0.2) is 27.8 Å². The summed E-state index contributed by atoms with van der Waals surface area (Å²) in [6.07, 6.45) is 2.96. The minimum absolute atomic E-state index is 0.286. The lowest BCUT2D eigenvalue weighted by atomic mass is 10.5. The summed E-state index contributed by atoms with van der Waals surface area (Å²) in [7, 11) is 3.16. The highest BCUT2D eigenvalue weighted by Crippen LogP contribution is 1.96. The molecule has 0 bridgehead atoms. The summed E-state index contributed by atoms with van der Waals surface area (Å²) < 4.78 is 15.0. The molecule has 1 aromatic rings. The Hall–Kier alpha value is -1.13. The van der Waals surface area contributed by atoms with Gasteiger partial charge in [0, 0.05) is 14.2 Å². The zero-order valence-corrected chi connectivity index (χ0v) is 7.77. The number of rotatable bonds is 5. The second-order valence-corrected chi connectivity index (χ2v) is 2.41. The molecule has 0 fully saturated rings. The minimum Gasteiger partial charge on any atom is -0.463 e. The Bertz CT molecular complexity index is 239. The van der Waals surface area contributed by atoms with E-state index in [0.29, 0.717) is 6.54 Å². The van der Waals surface area contributed by atoms with Crippen LogP contribution in [0.4, 0.5) is 0 Å². The highest BCUT2D eigenvalue weighted by atomic mass is 16.7. The average Bonchev–Trinajstić information content (AvgIpc) is 2.65. The quantitative estimate of drug-likeness (QED) is 0.510. The van der Waals surface area contributed by atoms with Crippen LogP contribution in [-0.4, -0.2) is 33.3 Å². The van der Waals surface area contributed by atoms with Crippen molar-refractivity contribution >= 4 is 6.21 Å². The SMILES string of the molecule is COC(CN=Cc1ccco1)OC. The van der Waals surface area contributed by atoms with Crippen molar-refractivity contribution < 1.29 is 13.9 Å². The fourth-order valence-electron chi connectivity index (χ4n) is 0.839. The van der Waals surface area contributed by atoms with Gasteiger partial charge in [-0.25, -0.2) is 0 Å². The monoisotopic (exact) mass is 183 g/mol. The van der Waals surface area contributed by atoms with Gasteiger partial charge in [0.2, 0.25) is 0 Å². The van der Waals surface area contributed by atoms with E-state index in [4.69, 9.17) is 13.9 Å². The predicted octanol–water partition coefficient (Wildman–Crippen LogP) is 1.32. The molecule has 0 unspecified atom stereocenters. The first-order valence-electron chi connectivity index (χ1n) is 3.95. The zero-order chi connectivity index (χ0) is 9.52. The summed E-state index contributed by atoms with van der Waals surface area (Å²) in [4.78, 5) is 4.09. The van der Waals surface area contributed by atoms with E-state index in [0.717, 1.165) is 5.76 Å². The summed E-state index contributed by atoms with van der Waals surface area (Å²) in [6, 6.07) is 3.64. The lowest BCUT2D eigenvalue weighted by molar-refractivity contribution is -0.0936. The van der Waals surface area contributed by atoms with E-state index in [9.17, 15) is 0 Å². The topological polar surface area (TPSA) is 44.0 Å². The van der Waals surface area contributed by atoms with E-state index in [-0.39, 0.29) is 6.29 Å². The third-order valence-corrected chi connectivity index (χ3v) is 1.54. The van der Waals surface area contributed by atoms with Gasteiger partial charge in [-0.3, -0.25) is 4.99 Å². The number of furan rings is 1. The Morgan fingerprint density at radius 2 is 2.31 bits per heavy atom. The van der Waals surface area contributed by atoms with Gasteiger partial charge in [-0.15, -0.1) is 0 Å². The average molecular weight is 183 g/mol. The Morgan fingerprint density at radius 3 is 2.85 bits per heavy atom. The van der Waals surface area contributed by atoms with E-state index in [2.05, 4.69) is 4.99 Å². The molecule has 0 N–H and O–H groups in total. The molecule has 13 heavy (non-hydrogen) atoms. The van der Waals surface area contributed by atoms with E-state index >= 15 is 0 Å². The molecule has 0 aliphatic heterocycles. The van der Waals surface area contributed by atoms with Crippen molar-refractivity contribution in [3.05, 3.63) is 24.2 Å². The van der Waals surface area contributed by atoms with Crippen LogP contribution in [0, 0.1) is 0 Å². The van der Waals surface area contributed by atoms with Gasteiger partial charge in [0.25, 0.3) is 0 Å². The maximum absolute atomic E-state index is 5.05.